The summed E-state index contributed by atoms with van der Waals surface area (Å²) in [5.74, 6) is 1.74. The lowest BCUT2D eigenvalue weighted by Crippen LogP contribution is -2.04. The van der Waals surface area contributed by atoms with E-state index in [9.17, 15) is 0 Å². The summed E-state index contributed by atoms with van der Waals surface area (Å²) >= 11 is 13.1. The lowest BCUT2D eigenvalue weighted by Gasteiger charge is -2.09. The Morgan fingerprint density at radius 3 is 2.78 bits per heavy atom. The third kappa shape index (κ3) is 2.78. The van der Waals surface area contributed by atoms with Crippen molar-refractivity contribution in [1.82, 2.24) is 14.8 Å². The summed E-state index contributed by atoms with van der Waals surface area (Å²) in [6, 6.07) is 5.74. The molecular formula is C12H12Br2ClN3. The van der Waals surface area contributed by atoms with Gasteiger partial charge in [-0.3, -0.25) is 0 Å². The Balaban J connectivity index is 2.56. The molecule has 0 saturated carbocycles. The fraction of sp³-hybridized carbons (Fsp3) is 0.333. The molecule has 0 fully saturated rings. The second-order valence-corrected chi connectivity index (χ2v) is 5.73. The van der Waals surface area contributed by atoms with Gasteiger partial charge in [0.05, 0.1) is 10.4 Å². The number of rotatable bonds is 4. The SMILES string of the molecule is CCCn1c(CBr)nnc1-c1cc(Br)ccc1Cl. The predicted octanol–water partition coefficient (Wildman–Crippen LogP) is 4.67. The summed E-state index contributed by atoms with van der Waals surface area (Å²) in [5, 5.41) is 9.82. The molecule has 0 saturated heterocycles. The van der Waals surface area contributed by atoms with Gasteiger partial charge in [0.15, 0.2) is 5.82 Å². The van der Waals surface area contributed by atoms with Crippen molar-refractivity contribution in [2.45, 2.75) is 25.2 Å². The summed E-state index contributed by atoms with van der Waals surface area (Å²) in [6.45, 7) is 3.01. The monoisotopic (exact) mass is 391 g/mol. The second kappa shape index (κ2) is 6.17. The molecule has 6 heteroatoms. The Bertz CT molecular complexity index is 554. The maximum absolute atomic E-state index is 6.24. The van der Waals surface area contributed by atoms with Crippen LogP contribution in [0.25, 0.3) is 11.4 Å². The van der Waals surface area contributed by atoms with Crippen molar-refractivity contribution in [1.29, 1.82) is 0 Å². The van der Waals surface area contributed by atoms with Gasteiger partial charge in [-0.25, -0.2) is 0 Å². The zero-order valence-corrected chi connectivity index (χ0v) is 13.8. The lowest BCUT2D eigenvalue weighted by atomic mass is 10.2. The van der Waals surface area contributed by atoms with Crippen LogP contribution in [0, 0.1) is 0 Å². The number of hydrogen-bond donors (Lipinski definition) is 0. The normalized spacial score (nSPS) is 10.9. The van der Waals surface area contributed by atoms with E-state index in [0.29, 0.717) is 10.4 Å². The molecule has 0 radical (unpaired) electrons. The predicted molar refractivity (Wildman–Crippen MR) is 81.1 cm³/mol. The zero-order chi connectivity index (χ0) is 13.1. The third-order valence-electron chi connectivity index (χ3n) is 2.56. The van der Waals surface area contributed by atoms with E-state index in [1.54, 1.807) is 0 Å². The molecule has 18 heavy (non-hydrogen) atoms. The van der Waals surface area contributed by atoms with Crippen LogP contribution in [0.15, 0.2) is 22.7 Å². The first-order valence-corrected chi connectivity index (χ1v) is 7.90. The van der Waals surface area contributed by atoms with Crippen LogP contribution in [0.2, 0.25) is 5.02 Å². The number of nitrogens with zero attached hydrogens (tertiary/aromatic N) is 3. The van der Waals surface area contributed by atoms with Crippen molar-refractivity contribution in [3.63, 3.8) is 0 Å². The minimum absolute atomic E-state index is 0.684. The molecule has 0 aliphatic heterocycles. The van der Waals surface area contributed by atoms with Crippen LogP contribution >= 0.6 is 43.5 Å². The minimum atomic E-state index is 0.684. The average Bonchev–Trinajstić information content (AvgIpc) is 2.76. The van der Waals surface area contributed by atoms with Gasteiger partial charge in [0.2, 0.25) is 0 Å². The maximum Gasteiger partial charge on any atom is 0.165 e. The summed E-state index contributed by atoms with van der Waals surface area (Å²) in [6.07, 6.45) is 1.02. The van der Waals surface area contributed by atoms with E-state index in [0.717, 1.165) is 34.7 Å². The molecular weight excluding hydrogens is 381 g/mol. The van der Waals surface area contributed by atoms with Gasteiger partial charge in [-0.2, -0.15) is 0 Å². The molecule has 3 nitrogen and oxygen atoms in total. The number of benzene rings is 1. The molecule has 0 bridgehead atoms. The van der Waals surface area contributed by atoms with Crippen molar-refractivity contribution in [2.24, 2.45) is 0 Å². The molecule has 1 aromatic heterocycles. The first-order valence-electron chi connectivity index (χ1n) is 5.60. The quantitative estimate of drug-likeness (QED) is 0.707. The number of halogens is 3. The van der Waals surface area contributed by atoms with Crippen LogP contribution in [0.4, 0.5) is 0 Å². The molecule has 96 valence electrons. The Kier molecular flexibility index (Phi) is 4.81. The van der Waals surface area contributed by atoms with Gasteiger partial charge < -0.3 is 4.57 Å². The molecule has 0 aliphatic carbocycles. The first-order chi connectivity index (χ1) is 8.67. The molecule has 0 amide bonds. The largest absolute Gasteiger partial charge is 0.310 e. The molecule has 0 atom stereocenters. The average molecular weight is 394 g/mol. The van der Waals surface area contributed by atoms with E-state index in [2.05, 4.69) is 53.5 Å². The molecule has 0 N–H and O–H groups in total. The Morgan fingerprint density at radius 2 is 2.11 bits per heavy atom. The molecule has 1 heterocycles. The first kappa shape index (κ1) is 14.0. The van der Waals surface area contributed by atoms with Gasteiger partial charge >= 0.3 is 0 Å². The van der Waals surface area contributed by atoms with E-state index >= 15 is 0 Å². The van der Waals surface area contributed by atoms with Crippen LogP contribution in [-0.2, 0) is 11.9 Å². The Hall–Kier alpha value is -0.390. The van der Waals surface area contributed by atoms with E-state index in [4.69, 9.17) is 11.6 Å². The fourth-order valence-corrected chi connectivity index (χ4v) is 2.74. The smallest absolute Gasteiger partial charge is 0.165 e. The molecule has 2 aromatic rings. The summed E-state index contributed by atoms with van der Waals surface area (Å²) in [7, 11) is 0. The van der Waals surface area contributed by atoms with Gasteiger partial charge in [-0.15, -0.1) is 10.2 Å². The van der Waals surface area contributed by atoms with E-state index in [1.165, 1.54) is 0 Å². The van der Waals surface area contributed by atoms with Gasteiger partial charge in [0, 0.05) is 16.6 Å². The van der Waals surface area contributed by atoms with Gasteiger partial charge in [-0.1, -0.05) is 50.4 Å². The number of aromatic nitrogens is 3. The molecule has 2 rings (SSSR count). The topological polar surface area (TPSA) is 30.7 Å². The number of hydrogen-bond acceptors (Lipinski definition) is 2. The highest BCUT2D eigenvalue weighted by Crippen LogP contribution is 2.30. The van der Waals surface area contributed by atoms with E-state index in [1.807, 2.05) is 18.2 Å². The standard InChI is InChI=1S/C12H12Br2ClN3/c1-2-5-18-11(7-13)16-17-12(18)9-6-8(14)3-4-10(9)15/h3-4,6H,2,5,7H2,1H3. The van der Waals surface area contributed by atoms with Gasteiger partial charge in [-0.05, 0) is 24.6 Å². The van der Waals surface area contributed by atoms with Crippen LogP contribution in [0.5, 0.6) is 0 Å². The number of alkyl halides is 1. The van der Waals surface area contributed by atoms with Gasteiger partial charge in [0.1, 0.15) is 5.82 Å². The minimum Gasteiger partial charge on any atom is -0.310 e. The van der Waals surface area contributed by atoms with Crippen LogP contribution < -0.4 is 0 Å². The van der Waals surface area contributed by atoms with Crippen molar-refractivity contribution >= 4 is 43.5 Å². The fourth-order valence-electron chi connectivity index (χ4n) is 1.76. The zero-order valence-electron chi connectivity index (χ0n) is 9.83. The highest BCUT2D eigenvalue weighted by Gasteiger charge is 2.15. The van der Waals surface area contributed by atoms with Crippen molar-refractivity contribution in [3.05, 3.63) is 33.5 Å². The van der Waals surface area contributed by atoms with Gasteiger partial charge in [0.25, 0.3) is 0 Å². The Morgan fingerprint density at radius 1 is 1.33 bits per heavy atom. The van der Waals surface area contributed by atoms with E-state index in [-0.39, 0.29) is 0 Å². The highest BCUT2D eigenvalue weighted by atomic mass is 79.9. The summed E-state index contributed by atoms with van der Waals surface area (Å²) < 4.78 is 3.08. The van der Waals surface area contributed by atoms with Crippen LogP contribution in [-0.4, -0.2) is 14.8 Å². The Labute approximate surface area is 128 Å². The van der Waals surface area contributed by atoms with Crippen LogP contribution in [0.3, 0.4) is 0 Å². The summed E-state index contributed by atoms with van der Waals surface area (Å²) in [4.78, 5) is 0. The van der Waals surface area contributed by atoms with Crippen molar-refractivity contribution in [3.8, 4) is 11.4 Å². The summed E-state index contributed by atoms with van der Waals surface area (Å²) in [5.41, 5.74) is 0.902. The maximum atomic E-state index is 6.24. The highest BCUT2D eigenvalue weighted by molar-refractivity contribution is 9.10. The molecule has 0 aliphatic rings. The van der Waals surface area contributed by atoms with Crippen molar-refractivity contribution in [2.75, 3.05) is 0 Å². The molecule has 0 unspecified atom stereocenters. The van der Waals surface area contributed by atoms with Crippen molar-refractivity contribution < 1.29 is 0 Å². The van der Waals surface area contributed by atoms with E-state index < -0.39 is 0 Å². The lowest BCUT2D eigenvalue weighted by molar-refractivity contribution is 0.661. The molecule has 1 aromatic carbocycles. The second-order valence-electron chi connectivity index (χ2n) is 3.85. The molecule has 0 spiro atoms. The third-order valence-corrected chi connectivity index (χ3v) is 3.89. The van der Waals surface area contributed by atoms with Crippen LogP contribution in [0.1, 0.15) is 19.2 Å².